The maximum Gasteiger partial charge on any atom is 0.330 e. The van der Waals surface area contributed by atoms with Gasteiger partial charge in [0.25, 0.3) is 0 Å². The van der Waals surface area contributed by atoms with E-state index in [-0.39, 0.29) is 18.2 Å². The van der Waals surface area contributed by atoms with Gasteiger partial charge in [0.05, 0.1) is 13.2 Å². The second-order valence-electron chi connectivity index (χ2n) is 4.06. The Balaban J connectivity index is 2.13. The van der Waals surface area contributed by atoms with Gasteiger partial charge in [0.2, 0.25) is 0 Å². The van der Waals surface area contributed by atoms with Gasteiger partial charge in [0, 0.05) is 12.5 Å². The molecule has 1 aliphatic carbocycles. The van der Waals surface area contributed by atoms with E-state index in [0.717, 1.165) is 24.8 Å². The van der Waals surface area contributed by atoms with E-state index in [2.05, 4.69) is 4.74 Å². The van der Waals surface area contributed by atoms with Gasteiger partial charge in [-0.1, -0.05) is 6.08 Å². The van der Waals surface area contributed by atoms with Crippen molar-refractivity contribution in [1.82, 2.24) is 0 Å². The molecule has 0 spiro atoms. The van der Waals surface area contributed by atoms with Crippen molar-refractivity contribution in [2.75, 3.05) is 7.11 Å². The van der Waals surface area contributed by atoms with Crippen LogP contribution in [0.15, 0.2) is 23.8 Å². The molecule has 17 heavy (non-hydrogen) atoms. The predicted molar refractivity (Wildman–Crippen MR) is 63.3 cm³/mol. The molecule has 0 bridgehead atoms. The standard InChI is InChI=1S/C13H18O4/c1-17-13(16)7-5-3-2-4-6-10-8-11(14)9-12(10)15/h5,7-8,11,14H,2-4,6,9H2,1H3/t11-/m1/s1. The summed E-state index contributed by atoms with van der Waals surface area (Å²) in [6.07, 6.45) is 7.77. The number of ether oxygens (including phenoxy) is 1. The zero-order valence-corrected chi connectivity index (χ0v) is 10.0. The van der Waals surface area contributed by atoms with Crippen molar-refractivity contribution in [3.05, 3.63) is 23.8 Å². The Hall–Kier alpha value is -1.42. The van der Waals surface area contributed by atoms with Crippen LogP contribution in [0.1, 0.15) is 32.1 Å². The van der Waals surface area contributed by atoms with Crippen LogP contribution in [0.3, 0.4) is 0 Å². The first kappa shape index (κ1) is 13.6. The zero-order valence-electron chi connectivity index (χ0n) is 10.0. The lowest BCUT2D eigenvalue weighted by Crippen LogP contribution is -2.01. The molecule has 94 valence electrons. The number of aliphatic hydroxyl groups is 1. The molecule has 0 saturated carbocycles. The lowest BCUT2D eigenvalue weighted by Gasteiger charge is -1.98. The summed E-state index contributed by atoms with van der Waals surface area (Å²) >= 11 is 0. The minimum Gasteiger partial charge on any atom is -0.466 e. The van der Waals surface area contributed by atoms with E-state index in [4.69, 9.17) is 0 Å². The summed E-state index contributed by atoms with van der Waals surface area (Å²) in [5.74, 6) is -0.288. The average molecular weight is 238 g/mol. The van der Waals surface area contributed by atoms with E-state index in [0.29, 0.717) is 6.42 Å². The number of rotatable bonds is 6. The number of carbonyl (C=O) groups is 2. The highest BCUT2D eigenvalue weighted by atomic mass is 16.5. The van der Waals surface area contributed by atoms with Gasteiger partial charge in [-0.25, -0.2) is 4.79 Å². The quantitative estimate of drug-likeness (QED) is 0.433. The Labute approximate surface area is 101 Å². The number of aliphatic hydroxyl groups excluding tert-OH is 1. The molecular weight excluding hydrogens is 220 g/mol. The number of methoxy groups -OCH3 is 1. The lowest BCUT2D eigenvalue weighted by molar-refractivity contribution is -0.134. The van der Waals surface area contributed by atoms with E-state index in [1.807, 2.05) is 0 Å². The van der Waals surface area contributed by atoms with Crippen LogP contribution >= 0.6 is 0 Å². The number of hydrogen-bond donors (Lipinski definition) is 1. The first-order valence-electron chi connectivity index (χ1n) is 5.80. The molecule has 0 saturated heterocycles. The minimum atomic E-state index is -0.586. The molecule has 0 fully saturated rings. The van der Waals surface area contributed by atoms with E-state index in [1.54, 1.807) is 12.2 Å². The Morgan fingerprint density at radius 2 is 2.35 bits per heavy atom. The van der Waals surface area contributed by atoms with Gasteiger partial charge in [-0.15, -0.1) is 0 Å². The first-order valence-corrected chi connectivity index (χ1v) is 5.80. The fourth-order valence-corrected chi connectivity index (χ4v) is 1.75. The van der Waals surface area contributed by atoms with Gasteiger partial charge in [-0.05, 0) is 37.3 Å². The molecule has 0 heterocycles. The molecule has 0 aromatic heterocycles. The maximum absolute atomic E-state index is 11.3. The highest BCUT2D eigenvalue weighted by Crippen LogP contribution is 2.20. The number of esters is 1. The molecule has 4 nitrogen and oxygen atoms in total. The van der Waals surface area contributed by atoms with Gasteiger partial charge < -0.3 is 9.84 Å². The molecule has 0 aromatic carbocycles. The molecule has 0 amide bonds. The second-order valence-corrected chi connectivity index (χ2v) is 4.06. The van der Waals surface area contributed by atoms with Crippen molar-refractivity contribution in [1.29, 1.82) is 0 Å². The van der Waals surface area contributed by atoms with Gasteiger partial charge in [0.15, 0.2) is 5.78 Å². The van der Waals surface area contributed by atoms with Crippen LogP contribution in [0.5, 0.6) is 0 Å². The minimum absolute atomic E-state index is 0.0580. The van der Waals surface area contributed by atoms with Crippen LogP contribution in [0.25, 0.3) is 0 Å². The van der Waals surface area contributed by atoms with Crippen LogP contribution in [-0.2, 0) is 14.3 Å². The Morgan fingerprint density at radius 1 is 1.59 bits per heavy atom. The summed E-state index contributed by atoms with van der Waals surface area (Å²) in [6, 6.07) is 0. The summed E-state index contributed by atoms with van der Waals surface area (Å²) in [4.78, 5) is 22.1. The molecule has 1 atom stereocenters. The second kappa shape index (κ2) is 7.01. The Bertz CT molecular complexity index is 341. The van der Waals surface area contributed by atoms with Gasteiger partial charge in [0.1, 0.15) is 0 Å². The average Bonchev–Trinajstić information content (AvgIpc) is 2.62. The van der Waals surface area contributed by atoms with Gasteiger partial charge >= 0.3 is 5.97 Å². The Kier molecular flexibility index (Phi) is 5.63. The molecule has 1 rings (SSSR count). The van der Waals surface area contributed by atoms with Crippen LogP contribution in [-0.4, -0.2) is 30.1 Å². The largest absolute Gasteiger partial charge is 0.466 e. The van der Waals surface area contributed by atoms with E-state index in [1.165, 1.54) is 13.2 Å². The summed E-state index contributed by atoms with van der Waals surface area (Å²) in [7, 11) is 1.34. The SMILES string of the molecule is COC(=O)C=CCCCCC1=C[C@@H](O)CC1=O. The molecule has 1 aliphatic rings. The normalized spacial score (nSPS) is 19.8. The number of hydrogen-bond acceptors (Lipinski definition) is 4. The molecule has 0 unspecified atom stereocenters. The van der Waals surface area contributed by atoms with Gasteiger partial charge in [-0.3, -0.25) is 4.79 Å². The number of Topliss-reactive ketones (excluding diaryl/α,β-unsaturated/α-hetero) is 1. The highest BCUT2D eigenvalue weighted by Gasteiger charge is 2.20. The van der Waals surface area contributed by atoms with Crippen molar-refractivity contribution >= 4 is 11.8 Å². The van der Waals surface area contributed by atoms with E-state index < -0.39 is 6.10 Å². The molecule has 0 aliphatic heterocycles. The molecular formula is C13H18O4. The first-order chi connectivity index (χ1) is 8.13. The fourth-order valence-electron chi connectivity index (χ4n) is 1.75. The Morgan fingerprint density at radius 3 is 2.94 bits per heavy atom. The third-order valence-electron chi connectivity index (χ3n) is 2.67. The summed E-state index contributed by atoms with van der Waals surface area (Å²) in [5.41, 5.74) is 0.745. The zero-order chi connectivity index (χ0) is 12.7. The van der Waals surface area contributed by atoms with Gasteiger partial charge in [-0.2, -0.15) is 0 Å². The predicted octanol–water partition coefficient (Wildman–Crippen LogP) is 1.54. The van der Waals surface area contributed by atoms with Crippen molar-refractivity contribution < 1.29 is 19.4 Å². The number of carbonyl (C=O) groups excluding carboxylic acids is 2. The monoisotopic (exact) mass is 238 g/mol. The summed E-state index contributed by atoms with van der Waals surface area (Å²) in [6.45, 7) is 0. The molecule has 1 N–H and O–H groups in total. The van der Waals surface area contributed by atoms with E-state index >= 15 is 0 Å². The van der Waals surface area contributed by atoms with Crippen LogP contribution in [0.4, 0.5) is 0 Å². The number of unbranched alkanes of at least 4 members (excludes halogenated alkanes) is 2. The summed E-state index contributed by atoms with van der Waals surface area (Å²) in [5, 5.41) is 9.24. The lowest BCUT2D eigenvalue weighted by atomic mass is 10.1. The van der Waals surface area contributed by atoms with Crippen LogP contribution in [0, 0.1) is 0 Å². The van der Waals surface area contributed by atoms with Crippen LogP contribution in [0.2, 0.25) is 0 Å². The molecule has 0 radical (unpaired) electrons. The van der Waals surface area contributed by atoms with Crippen molar-refractivity contribution in [2.45, 2.75) is 38.2 Å². The van der Waals surface area contributed by atoms with Crippen molar-refractivity contribution in [3.63, 3.8) is 0 Å². The topological polar surface area (TPSA) is 63.6 Å². The number of allylic oxidation sites excluding steroid dienone is 2. The molecule has 0 aromatic rings. The highest BCUT2D eigenvalue weighted by molar-refractivity contribution is 5.98. The third-order valence-corrected chi connectivity index (χ3v) is 2.67. The third kappa shape index (κ3) is 4.95. The maximum atomic E-state index is 11.3. The van der Waals surface area contributed by atoms with Crippen molar-refractivity contribution in [3.8, 4) is 0 Å². The van der Waals surface area contributed by atoms with Crippen LogP contribution < -0.4 is 0 Å². The summed E-state index contributed by atoms with van der Waals surface area (Å²) < 4.78 is 4.46. The van der Waals surface area contributed by atoms with Crippen molar-refractivity contribution in [2.24, 2.45) is 0 Å². The van der Waals surface area contributed by atoms with E-state index in [9.17, 15) is 14.7 Å². The fraction of sp³-hybridized carbons (Fsp3) is 0.538. The molecule has 4 heteroatoms. The smallest absolute Gasteiger partial charge is 0.330 e. The number of ketones is 1.